The third-order valence-corrected chi connectivity index (χ3v) is 1.97. The van der Waals surface area contributed by atoms with E-state index in [0.717, 1.165) is 0 Å². The molecule has 0 aliphatic rings. The summed E-state index contributed by atoms with van der Waals surface area (Å²) >= 11 is 11.2. The number of alkyl halides is 1. The van der Waals surface area contributed by atoms with E-state index in [1.54, 1.807) is 24.3 Å². The van der Waals surface area contributed by atoms with Crippen molar-refractivity contribution in [2.45, 2.75) is 5.50 Å². The summed E-state index contributed by atoms with van der Waals surface area (Å²) in [6.45, 7) is 0. The van der Waals surface area contributed by atoms with E-state index < -0.39 is 5.50 Å². The maximum atomic E-state index is 8.61. The van der Waals surface area contributed by atoms with Crippen molar-refractivity contribution in [3.63, 3.8) is 0 Å². The molecule has 3 nitrogen and oxygen atoms in total. The van der Waals surface area contributed by atoms with Gasteiger partial charge in [0.25, 0.3) is 0 Å². The Bertz CT molecular complexity index is 308. The lowest BCUT2D eigenvalue weighted by Crippen LogP contribution is -2.25. The Labute approximate surface area is 85.8 Å². The zero-order valence-electron chi connectivity index (χ0n) is 6.61. The van der Waals surface area contributed by atoms with E-state index in [-0.39, 0.29) is 5.71 Å². The molecule has 1 rings (SSSR count). The normalized spacial score (nSPS) is 14.2. The van der Waals surface area contributed by atoms with Gasteiger partial charge in [-0.2, -0.15) is 0 Å². The van der Waals surface area contributed by atoms with E-state index >= 15 is 0 Å². The molecular weight excluding hydrogens is 211 g/mol. The topological polar surface area (TPSA) is 58.6 Å². The van der Waals surface area contributed by atoms with E-state index in [0.29, 0.717) is 10.6 Å². The highest BCUT2D eigenvalue weighted by molar-refractivity contribution is 6.34. The summed E-state index contributed by atoms with van der Waals surface area (Å²) in [5.74, 6) is 0. The maximum Gasteiger partial charge on any atom is 0.127 e. The van der Waals surface area contributed by atoms with Crippen LogP contribution in [0.2, 0.25) is 5.02 Å². The number of rotatable bonds is 2. The number of nitrogens with zero attached hydrogens (tertiary/aromatic N) is 1. The fraction of sp³-hybridized carbons (Fsp3) is 0.125. The number of nitrogens with two attached hydrogens (primary N) is 1. The zero-order chi connectivity index (χ0) is 9.84. The highest BCUT2D eigenvalue weighted by Gasteiger charge is 2.10. The minimum Gasteiger partial charge on any atom is -0.411 e. The fourth-order valence-corrected chi connectivity index (χ4v) is 1.19. The van der Waals surface area contributed by atoms with Crippen LogP contribution in [0.1, 0.15) is 5.56 Å². The molecular formula is C8H8Cl2N2O. The highest BCUT2D eigenvalue weighted by atomic mass is 35.5. The highest BCUT2D eigenvalue weighted by Crippen LogP contribution is 2.12. The van der Waals surface area contributed by atoms with Gasteiger partial charge in [0.2, 0.25) is 0 Å². The molecule has 1 aromatic carbocycles. The van der Waals surface area contributed by atoms with Gasteiger partial charge in [-0.25, -0.2) is 0 Å². The second-order valence-electron chi connectivity index (χ2n) is 2.39. The van der Waals surface area contributed by atoms with Crippen molar-refractivity contribution in [1.29, 1.82) is 0 Å². The molecule has 0 radical (unpaired) electrons. The molecule has 5 heteroatoms. The van der Waals surface area contributed by atoms with E-state index in [1.807, 2.05) is 0 Å². The maximum absolute atomic E-state index is 8.61. The average Bonchev–Trinajstić information content (AvgIpc) is 2.09. The number of halogens is 2. The minimum absolute atomic E-state index is 0.221. The smallest absolute Gasteiger partial charge is 0.127 e. The van der Waals surface area contributed by atoms with Gasteiger partial charge in [0.1, 0.15) is 11.2 Å². The Kier molecular flexibility index (Phi) is 3.54. The quantitative estimate of drug-likeness (QED) is 0.263. The molecule has 0 spiro atoms. The van der Waals surface area contributed by atoms with Crippen LogP contribution in [0.4, 0.5) is 0 Å². The molecule has 0 saturated carbocycles. The first-order valence-electron chi connectivity index (χ1n) is 3.52. The van der Waals surface area contributed by atoms with Gasteiger partial charge in [-0.1, -0.05) is 40.5 Å². The van der Waals surface area contributed by atoms with E-state index in [4.69, 9.17) is 34.1 Å². The molecule has 0 amide bonds. The van der Waals surface area contributed by atoms with Crippen molar-refractivity contribution in [3.8, 4) is 0 Å². The lowest BCUT2D eigenvalue weighted by Gasteiger charge is -2.05. The molecule has 13 heavy (non-hydrogen) atoms. The Hall–Kier alpha value is -0.770. The Morgan fingerprint density at radius 2 is 1.92 bits per heavy atom. The van der Waals surface area contributed by atoms with Crippen LogP contribution in [0.3, 0.4) is 0 Å². The van der Waals surface area contributed by atoms with Gasteiger partial charge in [0.15, 0.2) is 0 Å². The number of hydrogen-bond acceptors (Lipinski definition) is 3. The van der Waals surface area contributed by atoms with Crippen molar-refractivity contribution in [2.24, 2.45) is 10.9 Å². The van der Waals surface area contributed by atoms with Crippen molar-refractivity contribution in [2.75, 3.05) is 0 Å². The molecule has 0 aliphatic heterocycles. The van der Waals surface area contributed by atoms with Gasteiger partial charge in [-0.3, -0.25) is 0 Å². The predicted molar refractivity (Wildman–Crippen MR) is 53.6 cm³/mol. The van der Waals surface area contributed by atoms with Crippen LogP contribution in [0.5, 0.6) is 0 Å². The summed E-state index contributed by atoms with van der Waals surface area (Å²) in [5, 5.41) is 12.2. The van der Waals surface area contributed by atoms with E-state index in [2.05, 4.69) is 5.16 Å². The van der Waals surface area contributed by atoms with Crippen molar-refractivity contribution < 1.29 is 5.21 Å². The third kappa shape index (κ3) is 2.59. The van der Waals surface area contributed by atoms with Gasteiger partial charge in [0, 0.05) is 10.6 Å². The molecule has 70 valence electrons. The first-order valence-corrected chi connectivity index (χ1v) is 4.34. The van der Waals surface area contributed by atoms with Crippen LogP contribution in [-0.4, -0.2) is 16.4 Å². The molecule has 3 N–H and O–H groups in total. The predicted octanol–water partition coefficient (Wildman–Crippen LogP) is 2.04. The summed E-state index contributed by atoms with van der Waals surface area (Å²) in [6, 6.07) is 6.70. The number of benzene rings is 1. The third-order valence-electron chi connectivity index (χ3n) is 1.51. The summed E-state index contributed by atoms with van der Waals surface area (Å²) in [6.07, 6.45) is 0. The van der Waals surface area contributed by atoms with Crippen LogP contribution >= 0.6 is 23.2 Å². The molecule has 1 unspecified atom stereocenters. The molecule has 0 saturated heterocycles. The molecule has 1 aromatic rings. The first-order chi connectivity index (χ1) is 6.15. The average molecular weight is 219 g/mol. The SMILES string of the molecule is NC(Cl)C(=NO)c1ccc(Cl)cc1. The van der Waals surface area contributed by atoms with Crippen molar-refractivity contribution in [1.82, 2.24) is 0 Å². The molecule has 0 fully saturated rings. The number of hydrogen-bond donors (Lipinski definition) is 2. The zero-order valence-corrected chi connectivity index (χ0v) is 8.13. The standard InChI is InChI=1S/C8H8Cl2N2O/c9-6-3-1-5(2-4-6)7(12-13)8(10)11/h1-4,8,13H,11H2. The van der Waals surface area contributed by atoms with Crippen LogP contribution in [0.15, 0.2) is 29.4 Å². The van der Waals surface area contributed by atoms with Crippen LogP contribution in [0.25, 0.3) is 0 Å². The second-order valence-corrected chi connectivity index (χ2v) is 3.30. The summed E-state index contributed by atoms with van der Waals surface area (Å²) in [5.41, 5.74) is 5.40. The summed E-state index contributed by atoms with van der Waals surface area (Å²) in [7, 11) is 0. The molecule has 1 atom stereocenters. The van der Waals surface area contributed by atoms with Crippen LogP contribution in [0, 0.1) is 0 Å². The Balaban J connectivity index is 3.00. The van der Waals surface area contributed by atoms with Crippen molar-refractivity contribution >= 4 is 28.9 Å². The lowest BCUT2D eigenvalue weighted by atomic mass is 10.1. The van der Waals surface area contributed by atoms with Crippen molar-refractivity contribution in [3.05, 3.63) is 34.9 Å². The second kappa shape index (κ2) is 4.46. The lowest BCUT2D eigenvalue weighted by molar-refractivity contribution is 0.318. The van der Waals surface area contributed by atoms with Crippen LogP contribution < -0.4 is 5.73 Å². The first kappa shape index (κ1) is 10.3. The van der Waals surface area contributed by atoms with Gasteiger partial charge in [-0.15, -0.1) is 0 Å². The van der Waals surface area contributed by atoms with Gasteiger partial charge >= 0.3 is 0 Å². The summed E-state index contributed by atoms with van der Waals surface area (Å²) in [4.78, 5) is 0. The van der Waals surface area contributed by atoms with E-state index in [1.165, 1.54) is 0 Å². The fourth-order valence-electron chi connectivity index (χ4n) is 0.893. The van der Waals surface area contributed by atoms with E-state index in [9.17, 15) is 0 Å². The largest absolute Gasteiger partial charge is 0.411 e. The summed E-state index contributed by atoms with van der Waals surface area (Å²) < 4.78 is 0. The molecule has 0 aromatic heterocycles. The Morgan fingerprint density at radius 1 is 1.38 bits per heavy atom. The molecule has 0 bridgehead atoms. The Morgan fingerprint density at radius 3 is 2.31 bits per heavy atom. The van der Waals surface area contributed by atoms with Gasteiger partial charge in [0.05, 0.1) is 0 Å². The van der Waals surface area contributed by atoms with Gasteiger partial charge < -0.3 is 10.9 Å². The van der Waals surface area contributed by atoms with Gasteiger partial charge in [-0.05, 0) is 12.1 Å². The van der Waals surface area contributed by atoms with Crippen LogP contribution in [-0.2, 0) is 0 Å². The minimum atomic E-state index is -0.828. The number of oxime groups is 1. The monoisotopic (exact) mass is 218 g/mol. The molecule has 0 aliphatic carbocycles. The molecule has 0 heterocycles.